The summed E-state index contributed by atoms with van der Waals surface area (Å²) in [5.74, 6) is -1.58. The van der Waals surface area contributed by atoms with E-state index in [1.54, 1.807) is 0 Å². The van der Waals surface area contributed by atoms with Crippen molar-refractivity contribution in [3.8, 4) is 0 Å². The van der Waals surface area contributed by atoms with E-state index in [9.17, 15) is 22.0 Å². The predicted molar refractivity (Wildman–Crippen MR) is 64.4 cm³/mol. The number of hydrogen-bond donors (Lipinski definition) is 1. The Hall–Kier alpha value is -1.54. The lowest BCUT2D eigenvalue weighted by Crippen LogP contribution is -2.18. The fourth-order valence-electron chi connectivity index (χ4n) is 1.74. The van der Waals surface area contributed by atoms with E-state index in [0.29, 0.717) is 17.4 Å². The van der Waals surface area contributed by atoms with Crippen LogP contribution >= 0.6 is 11.3 Å². The van der Waals surface area contributed by atoms with Gasteiger partial charge in [0.05, 0.1) is 6.04 Å². The Balaban J connectivity index is 2.40. The Morgan fingerprint density at radius 2 is 1.95 bits per heavy atom. The van der Waals surface area contributed by atoms with E-state index in [1.165, 1.54) is 13.1 Å². The molecule has 1 atom stereocenters. The molecule has 8 heteroatoms. The van der Waals surface area contributed by atoms with Crippen LogP contribution in [0.15, 0.2) is 24.4 Å². The molecule has 0 saturated heterocycles. The molecule has 1 aromatic carbocycles. The molecule has 0 fully saturated rings. The first-order valence-corrected chi connectivity index (χ1v) is 6.29. The van der Waals surface area contributed by atoms with Crippen molar-refractivity contribution in [2.75, 3.05) is 7.05 Å². The topological polar surface area (TPSA) is 24.9 Å². The normalized spacial score (nSPS) is 13.5. The van der Waals surface area contributed by atoms with Crippen LogP contribution in [0.4, 0.5) is 22.0 Å². The molecule has 20 heavy (non-hydrogen) atoms. The van der Waals surface area contributed by atoms with Gasteiger partial charge in [-0.2, -0.15) is 13.2 Å². The number of nitrogens with one attached hydrogen (secondary N) is 1. The Labute approximate surface area is 115 Å². The molecule has 0 aliphatic rings. The van der Waals surface area contributed by atoms with E-state index < -0.39 is 28.9 Å². The number of halogens is 5. The molecule has 1 aromatic heterocycles. The van der Waals surface area contributed by atoms with Crippen molar-refractivity contribution >= 4 is 11.3 Å². The van der Waals surface area contributed by atoms with Crippen LogP contribution in [-0.2, 0) is 6.18 Å². The molecule has 0 aliphatic carbocycles. The third kappa shape index (κ3) is 2.96. The number of nitrogens with zero attached hydrogens (tertiary/aromatic N) is 1. The van der Waals surface area contributed by atoms with Crippen LogP contribution in [0.2, 0.25) is 0 Å². The van der Waals surface area contributed by atoms with Gasteiger partial charge in [-0.05, 0) is 13.1 Å². The molecule has 108 valence electrons. The molecule has 0 radical (unpaired) electrons. The van der Waals surface area contributed by atoms with Gasteiger partial charge in [0.1, 0.15) is 11.6 Å². The monoisotopic (exact) mass is 308 g/mol. The Bertz CT molecular complexity index is 608. The molecular weight excluding hydrogens is 299 g/mol. The zero-order valence-corrected chi connectivity index (χ0v) is 10.9. The summed E-state index contributed by atoms with van der Waals surface area (Å²) < 4.78 is 64.1. The quantitative estimate of drug-likeness (QED) is 0.874. The van der Waals surface area contributed by atoms with Gasteiger partial charge < -0.3 is 5.32 Å². The lowest BCUT2D eigenvalue weighted by molar-refractivity contribution is -0.137. The molecule has 0 spiro atoms. The highest BCUT2D eigenvalue weighted by atomic mass is 32.1. The summed E-state index contributed by atoms with van der Waals surface area (Å²) >= 11 is 0.421. The molecular formula is C12H9F5N2S. The predicted octanol–water partition coefficient (Wildman–Crippen LogP) is 3.75. The highest BCUT2D eigenvalue weighted by molar-refractivity contribution is 7.11. The number of benzene rings is 1. The fraction of sp³-hybridized carbons (Fsp3) is 0.250. The second-order valence-corrected chi connectivity index (χ2v) is 5.02. The maximum atomic E-state index is 13.7. The average Bonchev–Trinajstić information content (AvgIpc) is 2.82. The van der Waals surface area contributed by atoms with Crippen molar-refractivity contribution in [1.82, 2.24) is 10.3 Å². The standard InChI is InChI=1S/C12H9F5N2S/c1-18-10(7-3-2-6(13)4-8(7)14)9-5-19-11(20-9)12(15,16)17/h2-5,10,18H,1H3. The first-order chi connectivity index (χ1) is 9.32. The summed E-state index contributed by atoms with van der Waals surface area (Å²) in [6.07, 6.45) is -3.50. The maximum Gasteiger partial charge on any atom is 0.443 e. The Morgan fingerprint density at radius 3 is 2.45 bits per heavy atom. The summed E-state index contributed by atoms with van der Waals surface area (Å²) in [6.45, 7) is 0. The molecule has 1 unspecified atom stereocenters. The van der Waals surface area contributed by atoms with Gasteiger partial charge in [0, 0.05) is 22.7 Å². The van der Waals surface area contributed by atoms with Crippen LogP contribution < -0.4 is 5.32 Å². The lowest BCUT2D eigenvalue weighted by Gasteiger charge is -2.15. The van der Waals surface area contributed by atoms with Crippen LogP contribution in [0.5, 0.6) is 0 Å². The highest BCUT2D eigenvalue weighted by Gasteiger charge is 2.35. The van der Waals surface area contributed by atoms with Crippen molar-refractivity contribution in [3.63, 3.8) is 0 Å². The molecule has 0 saturated carbocycles. The second kappa shape index (κ2) is 5.45. The molecule has 2 rings (SSSR count). The zero-order valence-electron chi connectivity index (χ0n) is 10.1. The number of thiazole rings is 1. The van der Waals surface area contributed by atoms with Gasteiger partial charge in [0.25, 0.3) is 0 Å². The van der Waals surface area contributed by atoms with E-state index in [1.807, 2.05) is 0 Å². The van der Waals surface area contributed by atoms with Gasteiger partial charge >= 0.3 is 6.18 Å². The van der Waals surface area contributed by atoms with E-state index in [0.717, 1.165) is 12.3 Å². The largest absolute Gasteiger partial charge is 0.443 e. The van der Waals surface area contributed by atoms with Crippen molar-refractivity contribution in [1.29, 1.82) is 0 Å². The zero-order chi connectivity index (χ0) is 14.9. The minimum atomic E-state index is -4.54. The van der Waals surface area contributed by atoms with Gasteiger partial charge in [-0.25, -0.2) is 13.8 Å². The van der Waals surface area contributed by atoms with E-state index in [4.69, 9.17) is 0 Å². The van der Waals surface area contributed by atoms with Crippen LogP contribution in [0.1, 0.15) is 21.5 Å². The Kier molecular flexibility index (Phi) is 4.05. The van der Waals surface area contributed by atoms with Crippen LogP contribution in [0.25, 0.3) is 0 Å². The lowest BCUT2D eigenvalue weighted by atomic mass is 10.1. The summed E-state index contributed by atoms with van der Waals surface area (Å²) in [5, 5.41) is 1.70. The molecule has 2 nitrogen and oxygen atoms in total. The first-order valence-electron chi connectivity index (χ1n) is 5.48. The minimum absolute atomic E-state index is 0.0614. The maximum absolute atomic E-state index is 13.7. The van der Waals surface area contributed by atoms with Crippen molar-refractivity contribution < 1.29 is 22.0 Å². The number of hydrogen-bond acceptors (Lipinski definition) is 3. The van der Waals surface area contributed by atoms with Gasteiger partial charge in [-0.15, -0.1) is 11.3 Å². The van der Waals surface area contributed by atoms with Crippen LogP contribution in [-0.4, -0.2) is 12.0 Å². The first kappa shape index (κ1) is 14.9. The summed E-state index contributed by atoms with van der Waals surface area (Å²) in [5.41, 5.74) is 0.0614. The molecule has 0 bridgehead atoms. The van der Waals surface area contributed by atoms with Crippen LogP contribution in [0.3, 0.4) is 0 Å². The molecule has 1 heterocycles. The molecule has 2 aromatic rings. The highest BCUT2D eigenvalue weighted by Crippen LogP contribution is 2.36. The van der Waals surface area contributed by atoms with E-state index in [2.05, 4.69) is 10.3 Å². The average molecular weight is 308 g/mol. The van der Waals surface area contributed by atoms with E-state index >= 15 is 0 Å². The van der Waals surface area contributed by atoms with Crippen LogP contribution in [0, 0.1) is 11.6 Å². The molecule has 0 amide bonds. The Morgan fingerprint density at radius 1 is 1.25 bits per heavy atom. The van der Waals surface area contributed by atoms with Gasteiger partial charge in [0.2, 0.25) is 0 Å². The van der Waals surface area contributed by atoms with Crippen molar-refractivity contribution in [2.24, 2.45) is 0 Å². The third-order valence-corrected chi connectivity index (χ3v) is 3.72. The van der Waals surface area contributed by atoms with Crippen molar-refractivity contribution in [2.45, 2.75) is 12.2 Å². The smallest absolute Gasteiger partial charge is 0.309 e. The minimum Gasteiger partial charge on any atom is -0.309 e. The molecule has 1 N–H and O–H groups in total. The van der Waals surface area contributed by atoms with Gasteiger partial charge in [-0.3, -0.25) is 0 Å². The molecule has 0 aliphatic heterocycles. The van der Waals surface area contributed by atoms with Gasteiger partial charge in [-0.1, -0.05) is 6.07 Å². The number of rotatable bonds is 3. The third-order valence-electron chi connectivity index (χ3n) is 2.61. The van der Waals surface area contributed by atoms with Gasteiger partial charge in [0.15, 0.2) is 5.01 Å². The number of alkyl halides is 3. The summed E-state index contributed by atoms with van der Waals surface area (Å²) in [4.78, 5) is 3.49. The second-order valence-electron chi connectivity index (χ2n) is 3.95. The SMILES string of the molecule is CNC(c1cnc(C(F)(F)F)s1)c1ccc(F)cc1F. The number of aromatic nitrogens is 1. The fourth-order valence-corrected chi connectivity index (χ4v) is 2.65. The van der Waals surface area contributed by atoms with Crippen molar-refractivity contribution in [3.05, 3.63) is 51.5 Å². The van der Waals surface area contributed by atoms with E-state index in [-0.39, 0.29) is 10.4 Å². The summed E-state index contributed by atoms with van der Waals surface area (Å²) in [6, 6.07) is 2.11. The summed E-state index contributed by atoms with van der Waals surface area (Å²) in [7, 11) is 1.47.